The number of carbonyl (C=O) groups is 2. The summed E-state index contributed by atoms with van der Waals surface area (Å²) in [6, 6.07) is 4.56. The summed E-state index contributed by atoms with van der Waals surface area (Å²) >= 11 is 0. The number of rotatable bonds is 7. The number of carboxylic acid groups (broad SMARTS) is 1. The van der Waals surface area contributed by atoms with Gasteiger partial charge in [0.15, 0.2) is 17.3 Å². The van der Waals surface area contributed by atoms with Crippen LogP contribution in [0, 0.1) is 0 Å². The summed E-state index contributed by atoms with van der Waals surface area (Å²) in [6.45, 7) is 3.99. The van der Waals surface area contributed by atoms with E-state index < -0.39 is 12.0 Å². The van der Waals surface area contributed by atoms with Gasteiger partial charge in [-0.25, -0.2) is 0 Å². The van der Waals surface area contributed by atoms with Crippen molar-refractivity contribution in [1.82, 2.24) is 5.32 Å². The van der Waals surface area contributed by atoms with Gasteiger partial charge in [-0.2, -0.15) is 0 Å². The van der Waals surface area contributed by atoms with Gasteiger partial charge in [-0.1, -0.05) is 13.8 Å². The molecule has 0 fully saturated rings. The van der Waals surface area contributed by atoms with Gasteiger partial charge >= 0.3 is 5.97 Å². The van der Waals surface area contributed by atoms with E-state index in [9.17, 15) is 9.59 Å². The van der Waals surface area contributed by atoms with Crippen molar-refractivity contribution < 1.29 is 24.2 Å². The van der Waals surface area contributed by atoms with Crippen LogP contribution in [0.1, 0.15) is 37.0 Å². The van der Waals surface area contributed by atoms with Crippen molar-refractivity contribution in [3.63, 3.8) is 0 Å². The molecule has 0 saturated carbocycles. The fraction of sp³-hybridized carbons (Fsp3) is 0.467. The third-order valence-electron chi connectivity index (χ3n) is 3.15. The topological polar surface area (TPSA) is 84.9 Å². The van der Waals surface area contributed by atoms with Crippen molar-refractivity contribution in [2.75, 3.05) is 6.79 Å². The highest BCUT2D eigenvalue weighted by Gasteiger charge is 2.24. The molecule has 1 atom stereocenters. The minimum atomic E-state index is -0.913. The van der Waals surface area contributed by atoms with Crippen molar-refractivity contribution in [1.29, 1.82) is 0 Å². The molecule has 1 unspecified atom stereocenters. The van der Waals surface area contributed by atoms with Crippen LogP contribution < -0.4 is 14.8 Å². The fourth-order valence-corrected chi connectivity index (χ4v) is 2.21. The van der Waals surface area contributed by atoms with Crippen molar-refractivity contribution in [2.24, 2.45) is 0 Å². The first kappa shape index (κ1) is 15.3. The molecule has 6 nitrogen and oxygen atoms in total. The second-order valence-corrected chi connectivity index (χ2v) is 5.24. The van der Waals surface area contributed by atoms with Gasteiger partial charge in [0.1, 0.15) is 0 Å². The molecule has 0 radical (unpaired) electrons. The number of hydrogen-bond donors (Lipinski definition) is 2. The Morgan fingerprint density at radius 3 is 2.67 bits per heavy atom. The Kier molecular flexibility index (Phi) is 4.80. The molecule has 21 heavy (non-hydrogen) atoms. The standard InChI is InChI=1S/C15H19NO5/c1-9(2)16-11(4-6-14(17)18)15(19)10-3-5-12-13(7-10)21-8-20-12/h3,5,7,9,11,16H,4,6,8H2,1-2H3,(H,17,18). The van der Waals surface area contributed by atoms with E-state index in [1.165, 1.54) is 0 Å². The van der Waals surface area contributed by atoms with Crippen LogP contribution in [0.25, 0.3) is 0 Å². The number of carboxylic acids is 1. The summed E-state index contributed by atoms with van der Waals surface area (Å²) in [6.07, 6.45) is 0.196. The molecule has 0 aromatic heterocycles. The van der Waals surface area contributed by atoms with Crippen LogP contribution in [0.4, 0.5) is 0 Å². The van der Waals surface area contributed by atoms with Gasteiger partial charge in [-0.15, -0.1) is 0 Å². The van der Waals surface area contributed by atoms with Crippen LogP contribution in [-0.4, -0.2) is 35.7 Å². The average molecular weight is 293 g/mol. The number of benzene rings is 1. The molecule has 1 aromatic carbocycles. The van der Waals surface area contributed by atoms with E-state index in [4.69, 9.17) is 14.6 Å². The Morgan fingerprint density at radius 1 is 1.29 bits per heavy atom. The van der Waals surface area contributed by atoms with Crippen LogP contribution in [0.2, 0.25) is 0 Å². The van der Waals surface area contributed by atoms with Crippen LogP contribution in [-0.2, 0) is 4.79 Å². The Bertz CT molecular complexity index is 541. The number of carbonyl (C=O) groups excluding carboxylic acids is 1. The first-order valence-electron chi connectivity index (χ1n) is 6.89. The highest BCUT2D eigenvalue weighted by molar-refractivity contribution is 6.00. The first-order chi connectivity index (χ1) is 9.97. The minimum Gasteiger partial charge on any atom is -0.481 e. The monoisotopic (exact) mass is 293 g/mol. The molecule has 0 bridgehead atoms. The van der Waals surface area contributed by atoms with E-state index in [1.54, 1.807) is 18.2 Å². The lowest BCUT2D eigenvalue weighted by molar-refractivity contribution is -0.137. The fourth-order valence-electron chi connectivity index (χ4n) is 2.21. The number of ether oxygens (including phenoxy) is 2. The quantitative estimate of drug-likeness (QED) is 0.746. The summed E-state index contributed by atoms with van der Waals surface area (Å²) in [5.41, 5.74) is 0.489. The summed E-state index contributed by atoms with van der Waals surface area (Å²) in [5.74, 6) is 0.111. The van der Waals surface area contributed by atoms with Crippen LogP contribution in [0.3, 0.4) is 0 Å². The summed E-state index contributed by atoms with van der Waals surface area (Å²) < 4.78 is 10.5. The summed E-state index contributed by atoms with van der Waals surface area (Å²) in [7, 11) is 0. The van der Waals surface area contributed by atoms with Crippen LogP contribution >= 0.6 is 0 Å². The third-order valence-corrected chi connectivity index (χ3v) is 3.15. The second-order valence-electron chi connectivity index (χ2n) is 5.24. The average Bonchev–Trinajstić information content (AvgIpc) is 2.89. The maximum atomic E-state index is 12.5. The Morgan fingerprint density at radius 2 is 2.00 bits per heavy atom. The predicted molar refractivity (Wildman–Crippen MR) is 75.8 cm³/mol. The van der Waals surface area contributed by atoms with Crippen molar-refractivity contribution in [3.8, 4) is 11.5 Å². The lowest BCUT2D eigenvalue weighted by Gasteiger charge is -2.19. The van der Waals surface area contributed by atoms with Crippen molar-refractivity contribution in [3.05, 3.63) is 23.8 Å². The molecule has 2 rings (SSSR count). The molecule has 1 aliphatic rings. The SMILES string of the molecule is CC(C)NC(CCC(=O)O)C(=O)c1ccc2c(c1)OCO2. The van der Waals surface area contributed by atoms with Gasteiger partial charge in [-0.05, 0) is 24.6 Å². The van der Waals surface area contributed by atoms with Crippen molar-refractivity contribution in [2.45, 2.75) is 38.8 Å². The lowest BCUT2D eigenvalue weighted by atomic mass is 9.99. The third kappa shape index (κ3) is 3.95. The maximum Gasteiger partial charge on any atom is 0.303 e. The normalized spacial score (nSPS) is 14.2. The largest absolute Gasteiger partial charge is 0.481 e. The van der Waals surface area contributed by atoms with Crippen molar-refractivity contribution >= 4 is 11.8 Å². The molecular formula is C15H19NO5. The number of hydrogen-bond acceptors (Lipinski definition) is 5. The van der Waals surface area contributed by atoms with Gasteiger partial charge in [0.25, 0.3) is 0 Å². The second kappa shape index (κ2) is 6.58. The van der Waals surface area contributed by atoms with Crippen LogP contribution in [0.15, 0.2) is 18.2 Å². The molecule has 6 heteroatoms. The lowest BCUT2D eigenvalue weighted by Crippen LogP contribution is -2.41. The Hall–Kier alpha value is -2.08. The number of ketones is 1. The van der Waals surface area contributed by atoms with Gasteiger partial charge in [-0.3, -0.25) is 9.59 Å². The molecule has 1 aliphatic heterocycles. The number of aliphatic carboxylic acids is 1. The molecule has 2 N–H and O–H groups in total. The van der Waals surface area contributed by atoms with Gasteiger partial charge in [0, 0.05) is 18.0 Å². The summed E-state index contributed by atoms with van der Waals surface area (Å²) in [5, 5.41) is 11.9. The van der Waals surface area contributed by atoms with Gasteiger partial charge < -0.3 is 19.9 Å². The van der Waals surface area contributed by atoms with E-state index in [-0.39, 0.29) is 31.5 Å². The number of Topliss-reactive ketones (excluding diaryl/α,β-unsaturated/α-hetero) is 1. The van der Waals surface area contributed by atoms with E-state index >= 15 is 0 Å². The maximum absolute atomic E-state index is 12.5. The molecule has 0 aliphatic carbocycles. The van der Waals surface area contributed by atoms with E-state index in [0.29, 0.717) is 17.1 Å². The van der Waals surface area contributed by atoms with E-state index in [0.717, 1.165) is 0 Å². The van der Waals surface area contributed by atoms with Gasteiger partial charge in [0.2, 0.25) is 6.79 Å². The molecule has 0 spiro atoms. The highest BCUT2D eigenvalue weighted by atomic mass is 16.7. The molecular weight excluding hydrogens is 274 g/mol. The highest BCUT2D eigenvalue weighted by Crippen LogP contribution is 2.32. The number of fused-ring (bicyclic) bond motifs is 1. The van der Waals surface area contributed by atoms with E-state index in [1.807, 2.05) is 13.8 Å². The van der Waals surface area contributed by atoms with E-state index in [2.05, 4.69) is 5.32 Å². The number of nitrogens with one attached hydrogen (secondary N) is 1. The zero-order valence-electron chi connectivity index (χ0n) is 12.1. The minimum absolute atomic E-state index is 0.0549. The smallest absolute Gasteiger partial charge is 0.303 e. The Labute approximate surface area is 123 Å². The molecule has 114 valence electrons. The molecule has 1 aromatic rings. The molecule has 0 amide bonds. The Balaban J connectivity index is 2.14. The summed E-state index contributed by atoms with van der Waals surface area (Å²) in [4.78, 5) is 23.3. The zero-order valence-corrected chi connectivity index (χ0v) is 12.1. The predicted octanol–water partition coefficient (Wildman–Crippen LogP) is 1.83. The van der Waals surface area contributed by atoms with Crippen LogP contribution in [0.5, 0.6) is 11.5 Å². The zero-order chi connectivity index (χ0) is 15.4. The van der Waals surface area contributed by atoms with Gasteiger partial charge in [0.05, 0.1) is 6.04 Å². The molecule has 0 saturated heterocycles. The molecule has 1 heterocycles. The first-order valence-corrected chi connectivity index (χ1v) is 6.89.